The Kier molecular flexibility index (Phi) is 4.61. The summed E-state index contributed by atoms with van der Waals surface area (Å²) in [6, 6.07) is 11.8. The predicted molar refractivity (Wildman–Crippen MR) is 130 cm³/mol. The fourth-order valence-electron chi connectivity index (χ4n) is 4.69. The second-order valence-electron chi connectivity index (χ2n) is 8.42. The van der Waals surface area contributed by atoms with Gasteiger partial charge in [0.1, 0.15) is 17.8 Å². The number of anilines is 1. The second-order valence-corrected chi connectivity index (χ2v) is 8.42. The molecule has 0 fully saturated rings. The van der Waals surface area contributed by atoms with Crippen molar-refractivity contribution in [2.75, 3.05) is 5.73 Å². The zero-order chi connectivity index (χ0) is 23.2. The molecule has 9 heteroatoms. The molecule has 0 unspecified atom stereocenters. The van der Waals surface area contributed by atoms with E-state index in [0.717, 1.165) is 45.8 Å². The number of nitrogens with one attached hydrogen (secondary N) is 1. The van der Waals surface area contributed by atoms with Gasteiger partial charge in [-0.1, -0.05) is 29.8 Å². The molecule has 0 spiro atoms. The van der Waals surface area contributed by atoms with E-state index in [1.54, 1.807) is 21.6 Å². The highest BCUT2D eigenvalue weighted by molar-refractivity contribution is 5.98. The number of para-hydroxylation sites is 1. The molecule has 0 aliphatic heterocycles. The van der Waals surface area contributed by atoms with Crippen LogP contribution in [0.5, 0.6) is 0 Å². The van der Waals surface area contributed by atoms with Gasteiger partial charge in [0.05, 0.1) is 18.1 Å². The highest BCUT2D eigenvalue weighted by atomic mass is 16.1. The lowest BCUT2D eigenvalue weighted by atomic mass is 10.0. The number of benzene rings is 1. The molecule has 168 valence electrons. The number of pyridine rings is 1. The van der Waals surface area contributed by atoms with Crippen LogP contribution in [0.25, 0.3) is 39.6 Å². The molecule has 34 heavy (non-hydrogen) atoms. The topological polar surface area (TPSA) is 120 Å². The number of aromatic nitrogens is 7. The first-order chi connectivity index (χ1) is 16.6. The Hall–Kier alpha value is -4.53. The van der Waals surface area contributed by atoms with E-state index in [1.807, 2.05) is 37.3 Å². The lowest BCUT2D eigenvalue weighted by Crippen LogP contribution is -2.48. The van der Waals surface area contributed by atoms with E-state index >= 15 is 0 Å². The number of hydrogen-bond acceptors (Lipinski definition) is 6. The van der Waals surface area contributed by atoms with E-state index in [9.17, 15) is 4.79 Å². The fraction of sp³-hybridized carbons (Fsp3) is 0.160. The molecule has 5 aromatic rings. The molecule has 1 aromatic carbocycles. The van der Waals surface area contributed by atoms with Gasteiger partial charge in [0.15, 0.2) is 5.65 Å². The molecule has 0 saturated carbocycles. The molecular formula is C25H22N8O. The Morgan fingerprint density at radius 3 is 2.82 bits per heavy atom. The lowest BCUT2D eigenvalue weighted by molar-refractivity contribution is 0.667. The first-order valence-corrected chi connectivity index (χ1v) is 11.1. The van der Waals surface area contributed by atoms with Gasteiger partial charge in [0.25, 0.3) is 5.56 Å². The summed E-state index contributed by atoms with van der Waals surface area (Å²) in [4.78, 5) is 22.4. The van der Waals surface area contributed by atoms with Gasteiger partial charge < -0.3 is 5.73 Å². The summed E-state index contributed by atoms with van der Waals surface area (Å²) in [5, 5.41) is 14.1. The monoisotopic (exact) mass is 450 g/mol. The van der Waals surface area contributed by atoms with Gasteiger partial charge >= 0.3 is 0 Å². The van der Waals surface area contributed by atoms with Crippen molar-refractivity contribution in [3.63, 3.8) is 0 Å². The van der Waals surface area contributed by atoms with Gasteiger partial charge in [-0.15, -0.1) is 0 Å². The van der Waals surface area contributed by atoms with Crippen LogP contribution in [-0.2, 0) is 6.54 Å². The molecule has 4 heterocycles. The van der Waals surface area contributed by atoms with Crippen molar-refractivity contribution >= 4 is 28.5 Å². The first kappa shape index (κ1) is 20.1. The summed E-state index contributed by atoms with van der Waals surface area (Å²) in [6.45, 7) is 2.37. The largest absolute Gasteiger partial charge is 0.383 e. The Morgan fingerprint density at radius 2 is 2.03 bits per heavy atom. The molecule has 9 nitrogen and oxygen atoms in total. The van der Waals surface area contributed by atoms with Crippen LogP contribution in [0.2, 0.25) is 0 Å². The summed E-state index contributed by atoms with van der Waals surface area (Å²) in [5.74, 6) is 0.344. The zero-order valence-electron chi connectivity index (χ0n) is 18.6. The summed E-state index contributed by atoms with van der Waals surface area (Å²) < 4.78 is 3.55. The summed E-state index contributed by atoms with van der Waals surface area (Å²) in [6.07, 6.45) is 8.82. The average molecular weight is 451 g/mol. The van der Waals surface area contributed by atoms with Crippen LogP contribution in [0.1, 0.15) is 25.5 Å². The normalized spacial score (nSPS) is 13.1. The third-order valence-corrected chi connectivity index (χ3v) is 6.28. The van der Waals surface area contributed by atoms with Gasteiger partial charge in [-0.05, 0) is 43.2 Å². The van der Waals surface area contributed by atoms with Crippen molar-refractivity contribution in [3.8, 4) is 16.9 Å². The maximum atomic E-state index is 13.8. The van der Waals surface area contributed by atoms with E-state index in [4.69, 9.17) is 10.8 Å². The third-order valence-electron chi connectivity index (χ3n) is 6.28. The number of fused-ring (bicyclic) bond motifs is 2. The van der Waals surface area contributed by atoms with Crippen LogP contribution in [0.3, 0.4) is 0 Å². The maximum Gasteiger partial charge on any atom is 0.263 e. The Balaban J connectivity index is 1.62. The quantitative estimate of drug-likeness (QED) is 0.430. The molecule has 6 rings (SSSR count). The van der Waals surface area contributed by atoms with Crippen molar-refractivity contribution in [1.29, 1.82) is 0 Å². The number of nitrogens with zero attached hydrogens (tertiary/aromatic N) is 6. The van der Waals surface area contributed by atoms with Crippen LogP contribution in [-0.4, -0.2) is 34.5 Å². The van der Waals surface area contributed by atoms with Crippen molar-refractivity contribution in [2.24, 2.45) is 0 Å². The molecule has 0 atom stereocenters. The van der Waals surface area contributed by atoms with E-state index < -0.39 is 0 Å². The smallest absolute Gasteiger partial charge is 0.263 e. The molecular weight excluding hydrogens is 428 g/mol. The lowest BCUT2D eigenvalue weighted by Gasteiger charge is -2.16. The highest BCUT2D eigenvalue weighted by Crippen LogP contribution is 2.29. The SMILES string of the molecule is CC1=c2c(cc(Cn3nc(-c4cn[nH]c4)c4c(N)ncnc43)n(-c3ccccc3)c2=O)=CCC1. The van der Waals surface area contributed by atoms with Gasteiger partial charge in [0.2, 0.25) is 0 Å². The number of hydrogen-bond donors (Lipinski definition) is 2. The maximum absolute atomic E-state index is 13.8. The third kappa shape index (κ3) is 3.13. The predicted octanol–water partition coefficient (Wildman–Crippen LogP) is 1.74. The molecule has 0 radical (unpaired) electrons. The van der Waals surface area contributed by atoms with Crippen LogP contribution < -0.4 is 21.7 Å². The summed E-state index contributed by atoms with van der Waals surface area (Å²) in [5.41, 5.74) is 11.0. The summed E-state index contributed by atoms with van der Waals surface area (Å²) in [7, 11) is 0. The van der Waals surface area contributed by atoms with Crippen LogP contribution in [0, 0.1) is 0 Å². The van der Waals surface area contributed by atoms with Crippen molar-refractivity contribution in [2.45, 2.75) is 26.3 Å². The minimum atomic E-state index is -0.0205. The number of nitrogens with two attached hydrogens (primary N) is 1. The van der Waals surface area contributed by atoms with Crippen LogP contribution in [0.15, 0.2) is 59.9 Å². The van der Waals surface area contributed by atoms with Crippen LogP contribution in [0.4, 0.5) is 5.82 Å². The Morgan fingerprint density at radius 1 is 1.18 bits per heavy atom. The molecule has 1 aliphatic rings. The van der Waals surface area contributed by atoms with E-state index in [-0.39, 0.29) is 5.56 Å². The number of aromatic amines is 1. The molecule has 4 aromatic heterocycles. The van der Waals surface area contributed by atoms with Gasteiger partial charge in [-0.2, -0.15) is 10.2 Å². The van der Waals surface area contributed by atoms with Gasteiger partial charge in [-0.3, -0.25) is 14.5 Å². The van der Waals surface area contributed by atoms with E-state index in [2.05, 4.69) is 32.3 Å². The Labute approximate surface area is 193 Å². The zero-order valence-corrected chi connectivity index (χ0v) is 18.6. The Bertz CT molecular complexity index is 1710. The fourth-order valence-corrected chi connectivity index (χ4v) is 4.69. The van der Waals surface area contributed by atoms with Gasteiger partial charge in [0, 0.05) is 28.4 Å². The van der Waals surface area contributed by atoms with Crippen molar-refractivity contribution in [3.05, 3.63) is 81.6 Å². The summed E-state index contributed by atoms with van der Waals surface area (Å²) >= 11 is 0. The molecule has 1 aliphatic carbocycles. The standard InChI is InChI=1S/C25H22N8O/c1-15-6-5-7-16-10-19(33(25(34)20(15)16)18-8-3-2-4-9-18)13-32-24-21(23(26)27-14-28-24)22(31-32)17-11-29-30-12-17/h2-4,7-12,14H,5-6,13H2,1H3,(H,29,30)(H2,26,27,28). The first-order valence-electron chi connectivity index (χ1n) is 11.1. The van der Waals surface area contributed by atoms with Crippen LogP contribution >= 0.6 is 0 Å². The minimum Gasteiger partial charge on any atom is -0.383 e. The number of rotatable bonds is 4. The molecule has 0 bridgehead atoms. The van der Waals surface area contributed by atoms with Crippen molar-refractivity contribution in [1.82, 2.24) is 34.5 Å². The highest BCUT2D eigenvalue weighted by Gasteiger charge is 2.20. The average Bonchev–Trinajstić information content (AvgIpc) is 3.49. The molecule has 0 saturated heterocycles. The second kappa shape index (κ2) is 7.80. The minimum absolute atomic E-state index is 0.0205. The van der Waals surface area contributed by atoms with E-state index in [0.29, 0.717) is 29.1 Å². The van der Waals surface area contributed by atoms with E-state index in [1.165, 1.54) is 6.33 Å². The van der Waals surface area contributed by atoms with Crippen molar-refractivity contribution < 1.29 is 0 Å². The number of H-pyrrole nitrogens is 1. The molecule has 0 amide bonds. The number of nitrogen functional groups attached to an aromatic ring is 1. The van der Waals surface area contributed by atoms with Gasteiger partial charge in [-0.25, -0.2) is 14.6 Å². The molecule has 3 N–H and O–H groups in total.